The van der Waals surface area contributed by atoms with Crippen molar-refractivity contribution in [3.63, 3.8) is 0 Å². The van der Waals surface area contributed by atoms with Crippen LogP contribution < -0.4 is 15.2 Å². The van der Waals surface area contributed by atoms with E-state index in [0.717, 1.165) is 41.2 Å². The Balaban J connectivity index is 1.93. The van der Waals surface area contributed by atoms with E-state index in [1.165, 1.54) is 27.1 Å². The van der Waals surface area contributed by atoms with Crippen LogP contribution in [0.4, 0.5) is 0 Å². The van der Waals surface area contributed by atoms with Crippen LogP contribution in [0, 0.1) is 0 Å². The van der Waals surface area contributed by atoms with Gasteiger partial charge in [-0.05, 0) is 29.8 Å². The van der Waals surface area contributed by atoms with Gasteiger partial charge in [0, 0.05) is 12.2 Å². The quantitative estimate of drug-likeness (QED) is 0.493. The molecule has 1 aliphatic rings. The number of thioether (sulfide) groups is 1. The van der Waals surface area contributed by atoms with Gasteiger partial charge in [0.1, 0.15) is 17.1 Å². The number of fused-ring (bicyclic) bond motifs is 3. The molecule has 2 aromatic heterocycles. The number of aromatic nitrogens is 2. The third-order valence-electron chi connectivity index (χ3n) is 4.79. The van der Waals surface area contributed by atoms with Crippen molar-refractivity contribution in [2.24, 2.45) is 0 Å². The summed E-state index contributed by atoms with van der Waals surface area (Å²) in [6.07, 6.45) is 0.907. The Kier molecular flexibility index (Phi) is 5.23. The molecular weight excluding hydrogens is 382 g/mol. The van der Waals surface area contributed by atoms with Gasteiger partial charge in [-0.3, -0.25) is 9.36 Å². The molecule has 0 aliphatic carbocycles. The number of nitrogens with zero attached hydrogens (tertiary/aromatic N) is 2. The Morgan fingerprint density at radius 3 is 2.85 bits per heavy atom. The minimum atomic E-state index is -0.0253. The average Bonchev–Trinajstić information content (AvgIpc) is 3.04. The number of thiophene rings is 1. The van der Waals surface area contributed by atoms with E-state index in [1.807, 2.05) is 24.3 Å². The van der Waals surface area contributed by atoms with Crippen molar-refractivity contribution in [2.45, 2.75) is 18.1 Å². The molecule has 0 bridgehead atoms. The van der Waals surface area contributed by atoms with Gasteiger partial charge in [-0.25, -0.2) is 4.98 Å². The van der Waals surface area contributed by atoms with E-state index >= 15 is 0 Å². The van der Waals surface area contributed by atoms with Gasteiger partial charge < -0.3 is 14.7 Å². The summed E-state index contributed by atoms with van der Waals surface area (Å²) in [5.74, 6) is 1.23. The van der Waals surface area contributed by atoms with Crippen molar-refractivity contribution in [1.82, 2.24) is 9.55 Å². The fourth-order valence-corrected chi connectivity index (χ4v) is 5.56. The van der Waals surface area contributed by atoms with Gasteiger partial charge in [-0.15, -0.1) is 11.3 Å². The first-order valence-electron chi connectivity index (χ1n) is 8.89. The summed E-state index contributed by atoms with van der Waals surface area (Å²) in [4.78, 5) is 21.8. The number of hydrogen-bond acceptors (Lipinski definition) is 6. The molecule has 1 aliphatic heterocycles. The SMILES string of the molecule is COc1ccc(-n2c(SCCO)nc3sc4c(c3c2=O)CC[NH+](C)C4)cc1. The van der Waals surface area contributed by atoms with Crippen molar-refractivity contribution in [3.8, 4) is 11.4 Å². The molecule has 3 heterocycles. The molecule has 2 N–H and O–H groups in total. The van der Waals surface area contributed by atoms with Crippen LogP contribution >= 0.6 is 23.1 Å². The molecule has 1 atom stereocenters. The number of rotatable bonds is 5. The number of likely N-dealkylation sites (N-methyl/N-ethyl adjacent to an activating group) is 1. The van der Waals surface area contributed by atoms with E-state index in [0.29, 0.717) is 10.9 Å². The van der Waals surface area contributed by atoms with Gasteiger partial charge in [0.05, 0.1) is 43.3 Å². The van der Waals surface area contributed by atoms with Crippen LogP contribution in [0.5, 0.6) is 5.75 Å². The summed E-state index contributed by atoms with van der Waals surface area (Å²) in [6.45, 7) is 2.01. The van der Waals surface area contributed by atoms with Crippen LogP contribution in [-0.4, -0.2) is 47.7 Å². The summed E-state index contributed by atoms with van der Waals surface area (Å²) in [7, 11) is 3.80. The van der Waals surface area contributed by atoms with Crippen molar-refractivity contribution < 1.29 is 14.7 Å². The molecule has 0 radical (unpaired) electrons. The van der Waals surface area contributed by atoms with Gasteiger partial charge in [-0.2, -0.15) is 0 Å². The first kappa shape index (κ1) is 18.5. The fourth-order valence-electron chi connectivity index (χ4n) is 3.43. The Morgan fingerprint density at radius 2 is 2.15 bits per heavy atom. The number of hydrogen-bond donors (Lipinski definition) is 2. The molecule has 142 valence electrons. The zero-order chi connectivity index (χ0) is 19.0. The maximum atomic E-state index is 13.5. The van der Waals surface area contributed by atoms with E-state index < -0.39 is 0 Å². The summed E-state index contributed by atoms with van der Waals surface area (Å²) < 4.78 is 6.90. The summed E-state index contributed by atoms with van der Waals surface area (Å²) in [5, 5.41) is 10.6. The summed E-state index contributed by atoms with van der Waals surface area (Å²) in [5.41, 5.74) is 1.90. The molecule has 1 unspecified atom stereocenters. The monoisotopic (exact) mass is 404 g/mol. The maximum absolute atomic E-state index is 13.5. The first-order chi connectivity index (χ1) is 13.1. The zero-order valence-corrected chi connectivity index (χ0v) is 17.0. The second-order valence-corrected chi connectivity index (χ2v) is 8.77. The van der Waals surface area contributed by atoms with Crippen molar-refractivity contribution in [2.75, 3.05) is 33.1 Å². The lowest BCUT2D eigenvalue weighted by molar-refractivity contribution is -0.895. The molecule has 27 heavy (non-hydrogen) atoms. The van der Waals surface area contributed by atoms with Crippen LogP contribution in [0.2, 0.25) is 0 Å². The molecule has 0 saturated carbocycles. The lowest BCUT2D eigenvalue weighted by atomic mass is 10.1. The Hall–Kier alpha value is -1.87. The molecule has 1 aromatic carbocycles. The Morgan fingerprint density at radius 1 is 1.37 bits per heavy atom. The lowest BCUT2D eigenvalue weighted by Crippen LogP contribution is -3.08. The Bertz CT molecular complexity index is 1030. The van der Waals surface area contributed by atoms with Crippen LogP contribution in [-0.2, 0) is 13.0 Å². The highest BCUT2D eigenvalue weighted by atomic mass is 32.2. The van der Waals surface area contributed by atoms with E-state index in [2.05, 4.69) is 7.05 Å². The van der Waals surface area contributed by atoms with E-state index in [9.17, 15) is 9.90 Å². The minimum Gasteiger partial charge on any atom is -0.497 e. The van der Waals surface area contributed by atoms with Crippen molar-refractivity contribution in [3.05, 3.63) is 45.1 Å². The highest BCUT2D eigenvalue weighted by molar-refractivity contribution is 7.99. The molecule has 0 spiro atoms. The normalized spacial score (nSPS) is 16.5. The highest BCUT2D eigenvalue weighted by Gasteiger charge is 2.26. The van der Waals surface area contributed by atoms with Gasteiger partial charge in [0.15, 0.2) is 5.16 Å². The number of methoxy groups -OCH3 is 1. The number of quaternary nitrogens is 1. The number of aliphatic hydroxyl groups excluding tert-OH is 1. The number of benzene rings is 1. The number of ether oxygens (including phenoxy) is 1. The highest BCUT2D eigenvalue weighted by Crippen LogP contribution is 2.31. The topological polar surface area (TPSA) is 68.8 Å². The van der Waals surface area contributed by atoms with Crippen LogP contribution in [0.1, 0.15) is 10.4 Å². The third kappa shape index (κ3) is 3.38. The maximum Gasteiger partial charge on any atom is 0.267 e. The van der Waals surface area contributed by atoms with Crippen LogP contribution in [0.15, 0.2) is 34.2 Å². The van der Waals surface area contributed by atoms with Crippen molar-refractivity contribution in [1.29, 1.82) is 0 Å². The molecule has 8 heteroatoms. The molecule has 3 aromatic rings. The van der Waals surface area contributed by atoms with Crippen LogP contribution in [0.3, 0.4) is 0 Å². The fraction of sp³-hybridized carbons (Fsp3) is 0.368. The lowest BCUT2D eigenvalue weighted by Gasteiger charge is -2.19. The minimum absolute atomic E-state index is 0.0253. The first-order valence-corrected chi connectivity index (χ1v) is 10.7. The predicted molar refractivity (Wildman–Crippen MR) is 109 cm³/mol. The predicted octanol–water partition coefficient (Wildman–Crippen LogP) is 1.11. The zero-order valence-electron chi connectivity index (χ0n) is 15.3. The van der Waals surface area contributed by atoms with Gasteiger partial charge in [-0.1, -0.05) is 11.8 Å². The second kappa shape index (κ2) is 7.63. The second-order valence-electron chi connectivity index (χ2n) is 6.62. The summed E-state index contributed by atoms with van der Waals surface area (Å²) >= 11 is 3.03. The van der Waals surface area contributed by atoms with E-state index in [1.54, 1.807) is 23.0 Å². The Labute approximate surface area is 165 Å². The van der Waals surface area contributed by atoms with Gasteiger partial charge in [0.2, 0.25) is 0 Å². The van der Waals surface area contributed by atoms with Crippen LogP contribution in [0.25, 0.3) is 15.9 Å². The molecular formula is C19H22N3O3S2+. The molecule has 4 rings (SSSR count). The van der Waals surface area contributed by atoms with E-state index in [-0.39, 0.29) is 12.2 Å². The summed E-state index contributed by atoms with van der Waals surface area (Å²) in [6, 6.07) is 7.42. The standard InChI is InChI=1S/C19H21N3O3S2/c1-21-8-7-14-15(11-21)27-17-16(14)18(24)22(19(20-17)26-10-9-23)12-3-5-13(25-2)6-4-12/h3-6,23H,7-11H2,1-2H3/p+1. The third-order valence-corrected chi connectivity index (χ3v) is 6.84. The molecule has 0 amide bonds. The van der Waals surface area contributed by atoms with Crippen molar-refractivity contribution >= 4 is 33.3 Å². The van der Waals surface area contributed by atoms with E-state index in [4.69, 9.17) is 9.72 Å². The molecule has 0 fully saturated rings. The smallest absolute Gasteiger partial charge is 0.267 e. The number of nitrogens with one attached hydrogen (secondary N) is 1. The largest absolute Gasteiger partial charge is 0.497 e. The molecule has 0 saturated heterocycles. The average molecular weight is 405 g/mol. The van der Waals surface area contributed by atoms with Gasteiger partial charge in [0.25, 0.3) is 5.56 Å². The number of aliphatic hydroxyl groups is 1. The van der Waals surface area contributed by atoms with Gasteiger partial charge >= 0.3 is 0 Å². The molecule has 6 nitrogen and oxygen atoms in total.